The fourth-order valence-electron chi connectivity index (χ4n) is 4.26. The van der Waals surface area contributed by atoms with Crippen LogP contribution in [0.25, 0.3) is 0 Å². The lowest BCUT2D eigenvalue weighted by Gasteiger charge is -2.30. The minimum absolute atomic E-state index is 0.105. The summed E-state index contributed by atoms with van der Waals surface area (Å²) in [6.07, 6.45) is 2.27. The molecule has 2 heterocycles. The summed E-state index contributed by atoms with van der Waals surface area (Å²) in [6, 6.07) is 18.9. The first-order valence-corrected chi connectivity index (χ1v) is 12.3. The number of nitrogens with zero attached hydrogens (tertiary/aromatic N) is 3. The van der Waals surface area contributed by atoms with Crippen LogP contribution >= 0.6 is 0 Å². The highest BCUT2D eigenvalue weighted by Crippen LogP contribution is 2.14. The van der Waals surface area contributed by atoms with E-state index >= 15 is 0 Å². The van der Waals surface area contributed by atoms with Gasteiger partial charge in [-0.15, -0.1) is 0 Å². The summed E-state index contributed by atoms with van der Waals surface area (Å²) in [7, 11) is 0. The monoisotopic (exact) mass is 493 g/mol. The first-order chi connectivity index (χ1) is 17.6. The Bertz CT molecular complexity index is 1100. The van der Waals surface area contributed by atoms with Crippen LogP contribution in [0.3, 0.4) is 0 Å². The fourth-order valence-corrected chi connectivity index (χ4v) is 4.26. The summed E-state index contributed by atoms with van der Waals surface area (Å²) in [5.41, 5.74) is 1.21. The number of benzene rings is 2. The van der Waals surface area contributed by atoms with Crippen LogP contribution in [0, 0.1) is 5.82 Å². The van der Waals surface area contributed by atoms with Gasteiger partial charge in [0.1, 0.15) is 18.1 Å². The van der Waals surface area contributed by atoms with Gasteiger partial charge >= 0.3 is 0 Å². The van der Waals surface area contributed by atoms with Crippen molar-refractivity contribution in [1.29, 1.82) is 0 Å². The van der Waals surface area contributed by atoms with Gasteiger partial charge in [0.05, 0.1) is 26.0 Å². The molecule has 2 aromatic carbocycles. The molecular weight excluding hydrogens is 461 g/mol. The van der Waals surface area contributed by atoms with E-state index in [0.717, 1.165) is 25.2 Å². The second-order valence-electron chi connectivity index (χ2n) is 8.86. The summed E-state index contributed by atoms with van der Waals surface area (Å²) in [5, 5.41) is 0. The van der Waals surface area contributed by atoms with Crippen molar-refractivity contribution in [3.8, 4) is 0 Å². The van der Waals surface area contributed by atoms with Gasteiger partial charge in [-0.3, -0.25) is 14.5 Å². The molecule has 2 amide bonds. The molecule has 0 unspecified atom stereocenters. The number of rotatable bonds is 11. The van der Waals surface area contributed by atoms with Gasteiger partial charge in [-0.2, -0.15) is 0 Å². The third-order valence-corrected chi connectivity index (χ3v) is 6.19. The van der Waals surface area contributed by atoms with Crippen molar-refractivity contribution in [3.63, 3.8) is 0 Å². The Morgan fingerprint density at radius 1 is 0.917 bits per heavy atom. The molecule has 1 aliphatic heterocycles. The molecule has 0 saturated carbocycles. The lowest BCUT2D eigenvalue weighted by Crippen LogP contribution is -2.44. The number of amides is 2. The van der Waals surface area contributed by atoms with E-state index in [1.807, 2.05) is 36.4 Å². The van der Waals surface area contributed by atoms with E-state index in [2.05, 4.69) is 4.90 Å². The summed E-state index contributed by atoms with van der Waals surface area (Å²) in [6.45, 7) is 4.86. The van der Waals surface area contributed by atoms with E-state index < -0.39 is 5.82 Å². The number of ether oxygens (including phenoxy) is 1. The highest BCUT2D eigenvalue weighted by molar-refractivity contribution is 5.96. The quantitative estimate of drug-likeness (QED) is 0.406. The topological polar surface area (TPSA) is 66.2 Å². The predicted molar refractivity (Wildman–Crippen MR) is 134 cm³/mol. The Morgan fingerprint density at radius 2 is 1.72 bits per heavy atom. The molecule has 0 atom stereocenters. The Morgan fingerprint density at radius 3 is 2.44 bits per heavy atom. The van der Waals surface area contributed by atoms with Gasteiger partial charge in [-0.25, -0.2) is 4.39 Å². The molecule has 0 bridgehead atoms. The zero-order chi connectivity index (χ0) is 25.2. The van der Waals surface area contributed by atoms with Crippen molar-refractivity contribution in [2.75, 3.05) is 45.9 Å². The van der Waals surface area contributed by atoms with E-state index in [1.165, 1.54) is 23.1 Å². The average molecular weight is 494 g/mol. The van der Waals surface area contributed by atoms with E-state index in [4.69, 9.17) is 9.15 Å². The smallest absolute Gasteiger partial charge is 0.254 e. The molecule has 1 saturated heterocycles. The maximum Gasteiger partial charge on any atom is 0.254 e. The largest absolute Gasteiger partial charge is 0.467 e. The van der Waals surface area contributed by atoms with Gasteiger partial charge in [-0.05, 0) is 42.3 Å². The van der Waals surface area contributed by atoms with Crippen LogP contribution in [0.5, 0.6) is 0 Å². The summed E-state index contributed by atoms with van der Waals surface area (Å²) >= 11 is 0. The normalized spacial score (nSPS) is 13.9. The molecule has 7 nitrogen and oxygen atoms in total. The number of furan rings is 1. The Hall–Kier alpha value is -3.49. The Balaban J connectivity index is 1.48. The average Bonchev–Trinajstić information content (AvgIpc) is 3.42. The van der Waals surface area contributed by atoms with Gasteiger partial charge in [0, 0.05) is 38.3 Å². The molecule has 8 heteroatoms. The lowest BCUT2D eigenvalue weighted by atomic mass is 10.1. The van der Waals surface area contributed by atoms with Crippen molar-refractivity contribution in [3.05, 3.63) is 95.7 Å². The van der Waals surface area contributed by atoms with Crippen molar-refractivity contribution in [1.82, 2.24) is 14.7 Å². The number of hydrogen-bond acceptors (Lipinski definition) is 5. The summed E-state index contributed by atoms with van der Waals surface area (Å²) < 4.78 is 24.7. The van der Waals surface area contributed by atoms with E-state index in [9.17, 15) is 14.0 Å². The van der Waals surface area contributed by atoms with Crippen LogP contribution in [0.2, 0.25) is 0 Å². The minimum Gasteiger partial charge on any atom is -0.467 e. The third-order valence-electron chi connectivity index (χ3n) is 6.19. The van der Waals surface area contributed by atoms with Crippen LogP contribution in [0.15, 0.2) is 77.4 Å². The Kier molecular flexibility index (Phi) is 9.24. The van der Waals surface area contributed by atoms with Crippen LogP contribution in [0.4, 0.5) is 4.39 Å². The van der Waals surface area contributed by atoms with Gasteiger partial charge in [0.25, 0.3) is 5.91 Å². The van der Waals surface area contributed by atoms with Crippen LogP contribution in [0.1, 0.15) is 28.1 Å². The number of hydrogen-bond donors (Lipinski definition) is 0. The molecule has 0 spiro atoms. The van der Waals surface area contributed by atoms with Crippen LogP contribution < -0.4 is 0 Å². The fraction of sp³-hybridized carbons (Fsp3) is 0.357. The van der Waals surface area contributed by atoms with Crippen LogP contribution in [-0.4, -0.2) is 72.5 Å². The molecule has 4 rings (SSSR count). The predicted octanol–water partition coefficient (Wildman–Crippen LogP) is 3.81. The molecule has 1 aromatic heterocycles. The molecule has 3 aromatic rings. The van der Waals surface area contributed by atoms with Gasteiger partial charge in [0.2, 0.25) is 5.91 Å². The van der Waals surface area contributed by atoms with Gasteiger partial charge in [0.15, 0.2) is 0 Å². The zero-order valence-corrected chi connectivity index (χ0v) is 20.4. The number of carbonyl (C=O) groups is 2. The van der Waals surface area contributed by atoms with Crippen molar-refractivity contribution >= 4 is 11.8 Å². The third kappa shape index (κ3) is 7.50. The highest BCUT2D eigenvalue weighted by Gasteiger charge is 2.24. The molecule has 0 radical (unpaired) electrons. The number of halogens is 1. The standard InChI is InChI=1S/C28H32FN3O4/c29-25-10-4-9-24(19-25)28(34)31(13-6-12-30-14-17-35-18-15-30)22-27(33)32(21-26-11-5-16-36-26)20-23-7-2-1-3-8-23/h1-5,7-11,16,19H,6,12-15,17-18,20-22H2. The minimum atomic E-state index is -0.482. The van der Waals surface area contributed by atoms with Gasteiger partial charge < -0.3 is 19.0 Å². The lowest BCUT2D eigenvalue weighted by molar-refractivity contribution is -0.133. The Labute approximate surface area is 211 Å². The van der Waals surface area contributed by atoms with Crippen molar-refractivity contribution in [2.24, 2.45) is 0 Å². The molecule has 36 heavy (non-hydrogen) atoms. The first kappa shape index (κ1) is 25.6. The molecule has 1 fully saturated rings. The molecular formula is C28H32FN3O4. The molecule has 190 valence electrons. The SMILES string of the molecule is O=C(CN(CCCN1CCOCC1)C(=O)c1cccc(F)c1)N(Cc1ccccc1)Cc1ccco1. The maximum atomic E-state index is 13.9. The summed E-state index contributed by atoms with van der Waals surface area (Å²) in [5.74, 6) is -0.382. The van der Waals surface area contributed by atoms with Crippen molar-refractivity contribution < 1.29 is 23.1 Å². The van der Waals surface area contributed by atoms with Gasteiger partial charge in [-0.1, -0.05) is 36.4 Å². The second kappa shape index (κ2) is 13.0. The molecule has 0 N–H and O–H groups in total. The van der Waals surface area contributed by atoms with E-state index in [1.54, 1.807) is 23.3 Å². The number of morpholine rings is 1. The van der Waals surface area contributed by atoms with E-state index in [-0.39, 0.29) is 30.5 Å². The summed E-state index contributed by atoms with van der Waals surface area (Å²) in [4.78, 5) is 32.4. The first-order valence-electron chi connectivity index (χ1n) is 12.3. The number of carbonyl (C=O) groups excluding carboxylic acids is 2. The highest BCUT2D eigenvalue weighted by atomic mass is 19.1. The van der Waals surface area contributed by atoms with Crippen molar-refractivity contribution in [2.45, 2.75) is 19.5 Å². The molecule has 0 aliphatic carbocycles. The zero-order valence-electron chi connectivity index (χ0n) is 20.4. The molecule has 1 aliphatic rings. The maximum absolute atomic E-state index is 13.9. The van der Waals surface area contributed by atoms with Crippen LogP contribution in [-0.2, 0) is 22.6 Å². The van der Waals surface area contributed by atoms with E-state index in [0.29, 0.717) is 38.5 Å². The second-order valence-corrected chi connectivity index (χ2v) is 8.86.